The molecular weight excluding hydrogens is 570 g/mol. The standard InChI is InChI=1S/C36H51N3O6/c1-25(2)17-19-37-32(40)26-21-27(23-39(22-26)34(42)45-35(3,4)5)33(41)38-24-36(18-11-12-20-43-6)28-13-7-9-15-30(28)44-31-16-10-8-14-29(31)36/h7-10,13-16,25-27H,11-12,17-24H2,1-6H3,(H,37,40)(H,38,41)/t26-,27+/m1/s1. The van der Waals surface area contributed by atoms with Crippen molar-refractivity contribution >= 4 is 17.9 Å². The van der Waals surface area contributed by atoms with Crippen LogP contribution in [-0.2, 0) is 24.5 Å². The number of rotatable bonds is 12. The molecule has 2 N–H and O–H groups in total. The number of methoxy groups -OCH3 is 1. The molecule has 1 saturated heterocycles. The molecule has 1 fully saturated rings. The van der Waals surface area contributed by atoms with E-state index in [1.54, 1.807) is 7.11 Å². The number of nitrogens with zero attached hydrogens (tertiary/aromatic N) is 1. The maximum absolute atomic E-state index is 14.0. The van der Waals surface area contributed by atoms with Crippen LogP contribution in [0.25, 0.3) is 0 Å². The highest BCUT2D eigenvalue weighted by atomic mass is 16.6. The molecule has 0 saturated carbocycles. The average molecular weight is 622 g/mol. The van der Waals surface area contributed by atoms with Crippen LogP contribution in [0.1, 0.15) is 77.8 Å². The first-order chi connectivity index (χ1) is 21.4. The minimum atomic E-state index is -0.694. The minimum Gasteiger partial charge on any atom is -0.457 e. The monoisotopic (exact) mass is 621 g/mol. The Balaban J connectivity index is 1.58. The molecule has 2 heterocycles. The fraction of sp³-hybridized carbons (Fsp3) is 0.583. The fourth-order valence-corrected chi connectivity index (χ4v) is 6.35. The van der Waals surface area contributed by atoms with E-state index >= 15 is 0 Å². The quantitative estimate of drug-likeness (QED) is 0.280. The number of unbranched alkanes of at least 4 members (excludes halogenated alkanes) is 1. The van der Waals surface area contributed by atoms with Gasteiger partial charge in [0, 0.05) is 56.4 Å². The van der Waals surface area contributed by atoms with E-state index in [4.69, 9.17) is 14.2 Å². The average Bonchev–Trinajstić information content (AvgIpc) is 3.00. The van der Waals surface area contributed by atoms with E-state index in [0.29, 0.717) is 32.0 Å². The molecule has 0 radical (unpaired) electrons. The van der Waals surface area contributed by atoms with Crippen molar-refractivity contribution in [1.29, 1.82) is 0 Å². The molecule has 3 amide bonds. The lowest BCUT2D eigenvalue weighted by Gasteiger charge is -2.41. The maximum atomic E-state index is 14.0. The van der Waals surface area contributed by atoms with Gasteiger partial charge < -0.3 is 29.7 Å². The zero-order chi connectivity index (χ0) is 32.6. The first-order valence-electron chi connectivity index (χ1n) is 16.3. The molecule has 0 aliphatic carbocycles. The number of para-hydroxylation sites is 2. The summed E-state index contributed by atoms with van der Waals surface area (Å²) in [4.78, 5) is 42.0. The van der Waals surface area contributed by atoms with Gasteiger partial charge in [-0.15, -0.1) is 0 Å². The lowest BCUT2D eigenvalue weighted by atomic mass is 9.69. The molecule has 2 aliphatic rings. The third-order valence-electron chi connectivity index (χ3n) is 8.66. The topological polar surface area (TPSA) is 106 Å². The third-order valence-corrected chi connectivity index (χ3v) is 8.66. The lowest BCUT2D eigenvalue weighted by Crippen LogP contribution is -2.54. The molecule has 0 spiro atoms. The number of fused-ring (bicyclic) bond motifs is 2. The zero-order valence-electron chi connectivity index (χ0n) is 27.8. The molecule has 2 aliphatic heterocycles. The van der Waals surface area contributed by atoms with E-state index in [1.807, 2.05) is 57.2 Å². The van der Waals surface area contributed by atoms with Gasteiger partial charge in [0.2, 0.25) is 11.8 Å². The summed E-state index contributed by atoms with van der Waals surface area (Å²) >= 11 is 0. The Morgan fingerprint density at radius 2 is 1.51 bits per heavy atom. The number of hydrogen-bond acceptors (Lipinski definition) is 6. The molecular formula is C36H51N3O6. The lowest BCUT2D eigenvalue weighted by molar-refractivity contribution is -0.131. The predicted octanol–water partition coefficient (Wildman–Crippen LogP) is 6.05. The van der Waals surface area contributed by atoms with Gasteiger partial charge in [0.1, 0.15) is 17.1 Å². The summed E-state index contributed by atoms with van der Waals surface area (Å²) in [6.45, 7) is 11.6. The van der Waals surface area contributed by atoms with Gasteiger partial charge in [-0.2, -0.15) is 0 Å². The van der Waals surface area contributed by atoms with Crippen molar-refractivity contribution in [2.75, 3.05) is 39.9 Å². The van der Waals surface area contributed by atoms with Crippen LogP contribution in [0.2, 0.25) is 0 Å². The molecule has 2 aromatic rings. The molecule has 0 bridgehead atoms. The fourth-order valence-electron chi connectivity index (χ4n) is 6.35. The second-order valence-corrected chi connectivity index (χ2v) is 13.8. The summed E-state index contributed by atoms with van der Waals surface area (Å²) in [5.74, 6) is 0.623. The number of likely N-dealkylation sites (tertiary alicyclic amines) is 1. The number of amides is 3. The van der Waals surface area contributed by atoms with Gasteiger partial charge in [-0.1, -0.05) is 50.2 Å². The van der Waals surface area contributed by atoms with Crippen LogP contribution in [0.5, 0.6) is 11.5 Å². The second-order valence-electron chi connectivity index (χ2n) is 13.8. The van der Waals surface area contributed by atoms with Gasteiger partial charge in [0.05, 0.1) is 11.8 Å². The summed E-state index contributed by atoms with van der Waals surface area (Å²) in [6.07, 6.45) is 3.26. The Bertz CT molecular complexity index is 1270. The predicted molar refractivity (Wildman–Crippen MR) is 174 cm³/mol. The van der Waals surface area contributed by atoms with E-state index in [-0.39, 0.29) is 24.9 Å². The highest BCUT2D eigenvalue weighted by Gasteiger charge is 2.43. The molecule has 4 rings (SSSR count). The Hall–Kier alpha value is -3.59. The Morgan fingerprint density at radius 3 is 2.07 bits per heavy atom. The minimum absolute atomic E-state index is 0.136. The van der Waals surface area contributed by atoms with Crippen molar-refractivity contribution in [1.82, 2.24) is 15.5 Å². The molecule has 0 aromatic heterocycles. The summed E-state index contributed by atoms with van der Waals surface area (Å²) in [5.41, 5.74) is 0.841. The number of carbonyl (C=O) groups is 3. The van der Waals surface area contributed by atoms with Crippen LogP contribution in [0.15, 0.2) is 48.5 Å². The van der Waals surface area contributed by atoms with Crippen LogP contribution >= 0.6 is 0 Å². The number of ether oxygens (including phenoxy) is 3. The molecule has 2 aromatic carbocycles. The van der Waals surface area contributed by atoms with Gasteiger partial charge >= 0.3 is 6.09 Å². The van der Waals surface area contributed by atoms with Crippen LogP contribution < -0.4 is 15.4 Å². The first kappa shape index (κ1) is 34.3. The molecule has 2 atom stereocenters. The van der Waals surface area contributed by atoms with Crippen LogP contribution in [-0.4, -0.2) is 68.3 Å². The number of hydrogen-bond donors (Lipinski definition) is 2. The Morgan fingerprint density at radius 1 is 0.933 bits per heavy atom. The summed E-state index contributed by atoms with van der Waals surface area (Å²) in [6, 6.07) is 16.0. The van der Waals surface area contributed by atoms with Gasteiger partial charge in [-0.3, -0.25) is 9.59 Å². The van der Waals surface area contributed by atoms with Crippen LogP contribution in [0.4, 0.5) is 4.79 Å². The summed E-state index contributed by atoms with van der Waals surface area (Å²) < 4.78 is 17.3. The normalized spacial score (nSPS) is 18.8. The number of piperidine rings is 1. The molecule has 246 valence electrons. The van der Waals surface area contributed by atoms with Crippen molar-refractivity contribution in [2.45, 2.75) is 77.7 Å². The summed E-state index contributed by atoms with van der Waals surface area (Å²) in [7, 11) is 1.71. The number of carbonyl (C=O) groups excluding carboxylic acids is 3. The highest BCUT2D eigenvalue weighted by molar-refractivity contribution is 5.84. The molecule has 9 heteroatoms. The Kier molecular flexibility index (Phi) is 11.5. The molecule has 9 nitrogen and oxygen atoms in total. The number of nitrogens with one attached hydrogen (secondary N) is 2. The van der Waals surface area contributed by atoms with Crippen molar-refractivity contribution in [3.8, 4) is 11.5 Å². The van der Waals surface area contributed by atoms with Gasteiger partial charge in [-0.25, -0.2) is 4.79 Å². The maximum Gasteiger partial charge on any atom is 0.410 e. The van der Waals surface area contributed by atoms with E-state index in [1.165, 1.54) is 4.90 Å². The van der Waals surface area contributed by atoms with Crippen molar-refractivity contribution in [3.63, 3.8) is 0 Å². The van der Waals surface area contributed by atoms with Gasteiger partial charge in [0.25, 0.3) is 0 Å². The van der Waals surface area contributed by atoms with E-state index in [2.05, 4.69) is 36.6 Å². The number of benzene rings is 2. The smallest absolute Gasteiger partial charge is 0.410 e. The van der Waals surface area contributed by atoms with Crippen molar-refractivity contribution in [2.24, 2.45) is 17.8 Å². The SMILES string of the molecule is COCCCCC1(CNC(=O)[C@H]2C[C@@H](C(=O)NCCC(C)C)CN(C(=O)OC(C)(C)C)C2)c2ccccc2Oc2ccccc21. The summed E-state index contributed by atoms with van der Waals surface area (Å²) in [5, 5.41) is 6.30. The van der Waals surface area contributed by atoms with E-state index < -0.39 is 28.9 Å². The zero-order valence-corrected chi connectivity index (χ0v) is 27.8. The first-order valence-corrected chi connectivity index (χ1v) is 16.3. The third kappa shape index (κ3) is 8.78. The largest absolute Gasteiger partial charge is 0.457 e. The van der Waals surface area contributed by atoms with Crippen molar-refractivity contribution < 1.29 is 28.6 Å². The molecule has 0 unspecified atom stereocenters. The van der Waals surface area contributed by atoms with Crippen LogP contribution in [0, 0.1) is 17.8 Å². The van der Waals surface area contributed by atoms with E-state index in [0.717, 1.165) is 48.3 Å². The van der Waals surface area contributed by atoms with Crippen LogP contribution in [0.3, 0.4) is 0 Å². The second kappa shape index (κ2) is 15.1. The molecule has 45 heavy (non-hydrogen) atoms. The Labute approximate surface area is 268 Å². The van der Waals surface area contributed by atoms with E-state index in [9.17, 15) is 14.4 Å². The van der Waals surface area contributed by atoms with Crippen molar-refractivity contribution in [3.05, 3.63) is 59.7 Å². The van der Waals surface area contributed by atoms with Gasteiger partial charge in [0.15, 0.2) is 0 Å². The van der Waals surface area contributed by atoms with Gasteiger partial charge in [-0.05, 0) is 70.9 Å². The highest BCUT2D eigenvalue weighted by Crippen LogP contribution is 2.50.